The first-order valence-electron chi connectivity index (χ1n) is 5.75. The first-order chi connectivity index (χ1) is 9.40. The second kappa shape index (κ2) is 5.85. The zero-order valence-electron chi connectivity index (χ0n) is 10.5. The van der Waals surface area contributed by atoms with Gasteiger partial charge in [-0.15, -0.1) is 0 Å². The lowest BCUT2D eigenvalue weighted by molar-refractivity contribution is 0.216. The standard InChI is InChI=1S/C14H11Cl2F2NO/c1-7(13-9(15)3-4-10(17)14(13)16)20-12-5-2-8(19)6-11(12)18/h2-7H,19H2,1H3. The van der Waals surface area contributed by atoms with Gasteiger partial charge >= 0.3 is 0 Å². The van der Waals surface area contributed by atoms with Gasteiger partial charge in [0.15, 0.2) is 11.6 Å². The Morgan fingerprint density at radius 2 is 1.80 bits per heavy atom. The van der Waals surface area contributed by atoms with E-state index in [9.17, 15) is 8.78 Å². The van der Waals surface area contributed by atoms with Crippen molar-refractivity contribution in [1.29, 1.82) is 0 Å². The van der Waals surface area contributed by atoms with Crippen LogP contribution in [0, 0.1) is 11.6 Å². The summed E-state index contributed by atoms with van der Waals surface area (Å²) in [7, 11) is 0. The first kappa shape index (κ1) is 14.9. The molecule has 1 atom stereocenters. The van der Waals surface area contributed by atoms with Crippen LogP contribution >= 0.6 is 23.2 Å². The Hall–Kier alpha value is -1.52. The van der Waals surface area contributed by atoms with Crippen LogP contribution in [0.15, 0.2) is 30.3 Å². The van der Waals surface area contributed by atoms with Gasteiger partial charge in [-0.3, -0.25) is 0 Å². The van der Waals surface area contributed by atoms with Gasteiger partial charge in [-0.1, -0.05) is 23.2 Å². The molecule has 106 valence electrons. The molecule has 0 saturated heterocycles. The van der Waals surface area contributed by atoms with Crippen LogP contribution in [0.5, 0.6) is 5.75 Å². The molecule has 0 aliphatic heterocycles. The van der Waals surface area contributed by atoms with E-state index >= 15 is 0 Å². The molecule has 0 aromatic heterocycles. The normalized spacial score (nSPS) is 12.2. The van der Waals surface area contributed by atoms with Crippen LogP contribution in [-0.2, 0) is 0 Å². The number of hydrogen-bond donors (Lipinski definition) is 1. The van der Waals surface area contributed by atoms with E-state index in [1.54, 1.807) is 6.92 Å². The average molecular weight is 318 g/mol. The lowest BCUT2D eigenvalue weighted by Gasteiger charge is -2.18. The second-order valence-corrected chi connectivity index (χ2v) is 4.99. The van der Waals surface area contributed by atoms with Gasteiger partial charge in [0, 0.05) is 22.3 Å². The molecule has 2 N–H and O–H groups in total. The summed E-state index contributed by atoms with van der Waals surface area (Å²) in [5, 5.41) is 0.112. The zero-order chi connectivity index (χ0) is 14.9. The molecule has 0 aliphatic carbocycles. The van der Waals surface area contributed by atoms with Crippen LogP contribution in [0.4, 0.5) is 14.5 Å². The van der Waals surface area contributed by atoms with Crippen LogP contribution in [0.25, 0.3) is 0 Å². The maximum Gasteiger partial charge on any atom is 0.167 e. The Balaban J connectivity index is 2.33. The molecule has 0 spiro atoms. The van der Waals surface area contributed by atoms with E-state index in [2.05, 4.69) is 0 Å². The van der Waals surface area contributed by atoms with Crippen molar-refractivity contribution >= 4 is 28.9 Å². The fourth-order valence-corrected chi connectivity index (χ4v) is 2.46. The fourth-order valence-electron chi connectivity index (χ4n) is 1.78. The average Bonchev–Trinajstić information content (AvgIpc) is 2.38. The number of ether oxygens (including phenoxy) is 1. The molecule has 2 aromatic rings. The molecule has 0 saturated carbocycles. The van der Waals surface area contributed by atoms with Gasteiger partial charge < -0.3 is 10.5 Å². The summed E-state index contributed by atoms with van der Waals surface area (Å²) in [5.41, 5.74) is 6.00. The minimum atomic E-state index is -0.719. The van der Waals surface area contributed by atoms with Crippen LogP contribution in [0.3, 0.4) is 0 Å². The number of anilines is 1. The van der Waals surface area contributed by atoms with E-state index in [1.165, 1.54) is 18.2 Å². The van der Waals surface area contributed by atoms with Gasteiger partial charge in [0.25, 0.3) is 0 Å². The summed E-state index contributed by atoms with van der Waals surface area (Å²) in [6, 6.07) is 6.56. The predicted molar refractivity (Wildman–Crippen MR) is 76.3 cm³/mol. The summed E-state index contributed by atoms with van der Waals surface area (Å²) < 4.78 is 32.6. The molecule has 2 nitrogen and oxygen atoms in total. The highest BCUT2D eigenvalue weighted by atomic mass is 35.5. The van der Waals surface area contributed by atoms with Crippen molar-refractivity contribution < 1.29 is 13.5 Å². The molecular weight excluding hydrogens is 307 g/mol. The number of rotatable bonds is 3. The minimum absolute atomic E-state index is 0.0110. The van der Waals surface area contributed by atoms with Crippen LogP contribution < -0.4 is 10.5 Å². The third-order valence-corrected chi connectivity index (χ3v) is 3.46. The highest BCUT2D eigenvalue weighted by Gasteiger charge is 2.19. The topological polar surface area (TPSA) is 35.2 Å². The molecule has 2 aromatic carbocycles. The number of benzene rings is 2. The third kappa shape index (κ3) is 2.97. The van der Waals surface area contributed by atoms with Crippen molar-refractivity contribution in [2.24, 2.45) is 0 Å². The molecular formula is C14H11Cl2F2NO. The van der Waals surface area contributed by atoms with Gasteiger partial charge in [0.05, 0.1) is 5.02 Å². The fraction of sp³-hybridized carbons (Fsp3) is 0.143. The van der Waals surface area contributed by atoms with Crippen LogP contribution in [-0.4, -0.2) is 0 Å². The third-order valence-electron chi connectivity index (χ3n) is 2.75. The minimum Gasteiger partial charge on any atom is -0.483 e. The Morgan fingerprint density at radius 1 is 1.10 bits per heavy atom. The largest absolute Gasteiger partial charge is 0.483 e. The second-order valence-electron chi connectivity index (χ2n) is 4.21. The van der Waals surface area contributed by atoms with Gasteiger partial charge in [-0.05, 0) is 31.2 Å². The highest BCUT2D eigenvalue weighted by Crippen LogP contribution is 2.35. The van der Waals surface area contributed by atoms with E-state index in [4.69, 9.17) is 33.7 Å². The number of hydrogen-bond acceptors (Lipinski definition) is 2. The van der Waals surface area contributed by atoms with Crippen molar-refractivity contribution in [3.8, 4) is 5.75 Å². The lowest BCUT2D eigenvalue weighted by atomic mass is 10.1. The Kier molecular flexibility index (Phi) is 4.35. The van der Waals surface area contributed by atoms with E-state index in [0.29, 0.717) is 0 Å². The van der Waals surface area contributed by atoms with Crippen molar-refractivity contribution in [3.05, 3.63) is 57.6 Å². The van der Waals surface area contributed by atoms with E-state index < -0.39 is 17.7 Å². The maximum atomic E-state index is 13.7. The molecule has 0 heterocycles. The lowest BCUT2D eigenvalue weighted by Crippen LogP contribution is -2.07. The molecule has 0 bridgehead atoms. The monoisotopic (exact) mass is 317 g/mol. The number of nitrogens with two attached hydrogens (primary N) is 1. The predicted octanol–water partition coefficient (Wildman–Crippen LogP) is 4.99. The maximum absolute atomic E-state index is 13.7. The molecule has 0 amide bonds. The van der Waals surface area contributed by atoms with Crippen LogP contribution in [0.2, 0.25) is 10.0 Å². The smallest absolute Gasteiger partial charge is 0.167 e. The molecule has 20 heavy (non-hydrogen) atoms. The first-order valence-corrected chi connectivity index (χ1v) is 6.51. The van der Waals surface area contributed by atoms with Crippen molar-refractivity contribution in [2.45, 2.75) is 13.0 Å². The Morgan fingerprint density at radius 3 is 2.45 bits per heavy atom. The van der Waals surface area contributed by atoms with Crippen molar-refractivity contribution in [2.75, 3.05) is 5.73 Å². The van der Waals surface area contributed by atoms with E-state index in [1.807, 2.05) is 0 Å². The Bertz CT molecular complexity index is 649. The quantitative estimate of drug-likeness (QED) is 0.639. The highest BCUT2D eigenvalue weighted by molar-refractivity contribution is 6.36. The molecule has 1 unspecified atom stereocenters. The summed E-state index contributed by atoms with van der Waals surface area (Å²) in [6.07, 6.45) is -0.719. The summed E-state index contributed by atoms with van der Waals surface area (Å²) in [6.45, 7) is 1.60. The van der Waals surface area contributed by atoms with E-state index in [0.717, 1.165) is 12.1 Å². The molecule has 0 radical (unpaired) electrons. The van der Waals surface area contributed by atoms with Crippen molar-refractivity contribution in [1.82, 2.24) is 0 Å². The number of halogens is 4. The number of nitrogen functional groups attached to an aromatic ring is 1. The van der Waals surface area contributed by atoms with Gasteiger partial charge in [-0.2, -0.15) is 0 Å². The Labute approximate surface area is 125 Å². The van der Waals surface area contributed by atoms with Gasteiger partial charge in [0.1, 0.15) is 11.9 Å². The molecule has 2 rings (SSSR count). The molecule has 6 heteroatoms. The van der Waals surface area contributed by atoms with Crippen molar-refractivity contribution in [3.63, 3.8) is 0 Å². The van der Waals surface area contributed by atoms with Gasteiger partial charge in [0.2, 0.25) is 0 Å². The summed E-state index contributed by atoms with van der Waals surface area (Å²) in [4.78, 5) is 0. The zero-order valence-corrected chi connectivity index (χ0v) is 12.0. The van der Waals surface area contributed by atoms with Crippen LogP contribution in [0.1, 0.15) is 18.6 Å². The molecule has 0 fully saturated rings. The summed E-state index contributed by atoms with van der Waals surface area (Å²) in [5.74, 6) is -1.23. The SMILES string of the molecule is CC(Oc1ccc(N)cc1F)c1c(Cl)ccc(F)c1Cl. The van der Waals surface area contributed by atoms with E-state index in [-0.39, 0.29) is 27.0 Å². The molecule has 0 aliphatic rings. The summed E-state index contributed by atoms with van der Waals surface area (Å²) >= 11 is 11.9. The van der Waals surface area contributed by atoms with Gasteiger partial charge in [-0.25, -0.2) is 8.78 Å².